The molecule has 0 aliphatic carbocycles. The molecule has 3 nitrogen and oxygen atoms in total. The number of carboxylic acid groups (broad SMARTS) is 1. The summed E-state index contributed by atoms with van der Waals surface area (Å²) in [6, 6.07) is 3.57. The Hall–Kier alpha value is -1.07. The van der Waals surface area contributed by atoms with Gasteiger partial charge >= 0.3 is 5.97 Å². The molecule has 0 radical (unpaired) electrons. The maximum Gasteiger partial charge on any atom is 0.345 e. The first-order valence-electron chi connectivity index (χ1n) is 3.87. The molecule has 2 aromatic rings. The maximum absolute atomic E-state index is 10.7. The number of fused-ring (bicyclic) bond motifs is 1. The summed E-state index contributed by atoms with van der Waals surface area (Å²) in [7, 11) is 0. The van der Waals surface area contributed by atoms with Crippen LogP contribution in [0.25, 0.3) is 10.2 Å². The molecule has 2 aromatic heterocycles. The van der Waals surface area contributed by atoms with Crippen LogP contribution in [0.4, 0.5) is 0 Å². The van der Waals surface area contributed by atoms with Crippen LogP contribution in [-0.2, 0) is 0 Å². The number of carboxylic acids is 1. The third kappa shape index (κ3) is 1.60. The SMILES string of the molecule is CSc1cnc2cc(C(=O)O)sc2c1. The number of hydrogen-bond donors (Lipinski definition) is 1. The summed E-state index contributed by atoms with van der Waals surface area (Å²) in [5.41, 5.74) is 0.755. The van der Waals surface area contributed by atoms with Crippen LogP contribution in [0.5, 0.6) is 0 Å². The molecular weight excluding hydrogens is 218 g/mol. The number of pyridine rings is 1. The van der Waals surface area contributed by atoms with E-state index in [9.17, 15) is 4.79 Å². The highest BCUT2D eigenvalue weighted by Crippen LogP contribution is 2.27. The van der Waals surface area contributed by atoms with Gasteiger partial charge in [-0.2, -0.15) is 0 Å². The van der Waals surface area contributed by atoms with Crippen LogP contribution in [0.3, 0.4) is 0 Å². The van der Waals surface area contributed by atoms with Gasteiger partial charge in [0.15, 0.2) is 0 Å². The summed E-state index contributed by atoms with van der Waals surface area (Å²) in [4.78, 5) is 16.3. The monoisotopic (exact) mass is 225 g/mol. The molecule has 72 valence electrons. The first-order chi connectivity index (χ1) is 6.70. The van der Waals surface area contributed by atoms with Gasteiger partial charge in [-0.25, -0.2) is 4.79 Å². The van der Waals surface area contributed by atoms with Crippen molar-refractivity contribution in [2.75, 3.05) is 6.26 Å². The van der Waals surface area contributed by atoms with Crippen LogP contribution in [-0.4, -0.2) is 22.3 Å². The lowest BCUT2D eigenvalue weighted by molar-refractivity contribution is 0.0702. The van der Waals surface area contributed by atoms with E-state index in [0.717, 1.165) is 15.1 Å². The molecule has 5 heteroatoms. The summed E-state index contributed by atoms with van der Waals surface area (Å²) in [5, 5.41) is 8.79. The van der Waals surface area contributed by atoms with Crippen molar-refractivity contribution in [1.29, 1.82) is 0 Å². The van der Waals surface area contributed by atoms with Crippen molar-refractivity contribution >= 4 is 39.3 Å². The van der Waals surface area contributed by atoms with Gasteiger partial charge < -0.3 is 5.11 Å². The molecule has 2 rings (SSSR count). The van der Waals surface area contributed by atoms with E-state index in [-0.39, 0.29) is 0 Å². The summed E-state index contributed by atoms with van der Waals surface area (Å²) in [5.74, 6) is -0.890. The smallest absolute Gasteiger partial charge is 0.345 e. The molecule has 0 unspecified atom stereocenters. The molecule has 0 bridgehead atoms. The topological polar surface area (TPSA) is 50.2 Å². The third-order valence-corrected chi connectivity index (χ3v) is 3.54. The molecule has 0 aliphatic heterocycles. The highest BCUT2D eigenvalue weighted by atomic mass is 32.2. The molecule has 14 heavy (non-hydrogen) atoms. The second-order valence-electron chi connectivity index (χ2n) is 2.67. The molecule has 0 spiro atoms. The second-order valence-corrected chi connectivity index (χ2v) is 4.64. The van der Waals surface area contributed by atoms with Crippen LogP contribution in [0, 0.1) is 0 Å². The number of thioether (sulfide) groups is 1. The Morgan fingerprint density at radius 3 is 3.00 bits per heavy atom. The van der Waals surface area contributed by atoms with Gasteiger partial charge in [0.1, 0.15) is 4.88 Å². The zero-order valence-corrected chi connectivity index (χ0v) is 8.98. The average Bonchev–Trinajstić information content (AvgIpc) is 2.59. The normalized spacial score (nSPS) is 10.6. The minimum absolute atomic E-state index is 0.339. The van der Waals surface area contributed by atoms with Crippen molar-refractivity contribution in [2.45, 2.75) is 4.90 Å². The Morgan fingerprint density at radius 1 is 1.57 bits per heavy atom. The van der Waals surface area contributed by atoms with Crippen LogP contribution >= 0.6 is 23.1 Å². The minimum atomic E-state index is -0.890. The fraction of sp³-hybridized carbons (Fsp3) is 0.111. The number of aromatic nitrogens is 1. The van der Waals surface area contributed by atoms with Crippen molar-refractivity contribution < 1.29 is 9.90 Å². The van der Waals surface area contributed by atoms with Crippen LogP contribution in [0.15, 0.2) is 23.2 Å². The van der Waals surface area contributed by atoms with E-state index in [1.807, 2.05) is 12.3 Å². The van der Waals surface area contributed by atoms with E-state index in [1.165, 1.54) is 11.3 Å². The standard InChI is InChI=1S/C9H7NO2S2/c1-13-5-2-7-6(10-4-5)3-8(14-7)9(11)12/h2-4H,1H3,(H,11,12). The Labute approximate surface area is 88.8 Å². The van der Waals surface area contributed by atoms with E-state index >= 15 is 0 Å². The van der Waals surface area contributed by atoms with Crippen LogP contribution in [0.1, 0.15) is 9.67 Å². The van der Waals surface area contributed by atoms with Crippen molar-refractivity contribution in [1.82, 2.24) is 4.98 Å². The van der Waals surface area contributed by atoms with Gasteiger partial charge in [-0.05, 0) is 18.4 Å². The lowest BCUT2D eigenvalue weighted by Crippen LogP contribution is -1.89. The molecule has 0 saturated carbocycles. The molecule has 1 N–H and O–H groups in total. The molecule has 2 heterocycles. The van der Waals surface area contributed by atoms with Crippen molar-refractivity contribution in [3.63, 3.8) is 0 Å². The Morgan fingerprint density at radius 2 is 2.36 bits per heavy atom. The van der Waals surface area contributed by atoms with Crippen LogP contribution < -0.4 is 0 Å². The predicted molar refractivity (Wildman–Crippen MR) is 58.4 cm³/mol. The summed E-state index contributed by atoms with van der Waals surface area (Å²) < 4.78 is 0.925. The molecule has 0 atom stereocenters. The molecule has 0 amide bonds. The molecule has 0 fully saturated rings. The van der Waals surface area contributed by atoms with Crippen molar-refractivity contribution in [2.24, 2.45) is 0 Å². The number of aromatic carboxylic acids is 1. The second kappa shape index (κ2) is 3.59. The van der Waals surface area contributed by atoms with E-state index in [0.29, 0.717) is 4.88 Å². The molecule has 0 aromatic carbocycles. The van der Waals surface area contributed by atoms with Gasteiger partial charge in [0.2, 0.25) is 0 Å². The lowest BCUT2D eigenvalue weighted by atomic mass is 10.4. The number of rotatable bonds is 2. The molecule has 0 saturated heterocycles. The van der Waals surface area contributed by atoms with E-state index in [4.69, 9.17) is 5.11 Å². The maximum atomic E-state index is 10.7. The quantitative estimate of drug-likeness (QED) is 0.798. The highest BCUT2D eigenvalue weighted by molar-refractivity contribution is 7.98. The lowest BCUT2D eigenvalue weighted by Gasteiger charge is -1.93. The first kappa shape index (κ1) is 9.48. The fourth-order valence-electron chi connectivity index (χ4n) is 1.12. The molecular formula is C9H7NO2S2. The zero-order valence-electron chi connectivity index (χ0n) is 7.35. The third-order valence-electron chi connectivity index (χ3n) is 1.79. The summed E-state index contributed by atoms with van der Waals surface area (Å²) >= 11 is 2.86. The van der Waals surface area contributed by atoms with Crippen molar-refractivity contribution in [3.8, 4) is 0 Å². The van der Waals surface area contributed by atoms with Gasteiger partial charge in [-0.3, -0.25) is 4.98 Å². The van der Waals surface area contributed by atoms with Gasteiger partial charge in [-0.1, -0.05) is 0 Å². The zero-order chi connectivity index (χ0) is 10.1. The van der Waals surface area contributed by atoms with E-state index in [1.54, 1.807) is 24.0 Å². The number of hydrogen-bond acceptors (Lipinski definition) is 4. The van der Waals surface area contributed by atoms with E-state index < -0.39 is 5.97 Å². The largest absolute Gasteiger partial charge is 0.477 e. The Kier molecular flexibility index (Phi) is 2.43. The summed E-state index contributed by atoms with van der Waals surface area (Å²) in [6.45, 7) is 0. The van der Waals surface area contributed by atoms with Gasteiger partial charge in [0.05, 0.1) is 10.2 Å². The number of thiophene rings is 1. The Bertz CT molecular complexity index is 493. The van der Waals surface area contributed by atoms with Gasteiger partial charge in [-0.15, -0.1) is 23.1 Å². The Balaban J connectivity index is 2.60. The van der Waals surface area contributed by atoms with Crippen LogP contribution in [0.2, 0.25) is 0 Å². The minimum Gasteiger partial charge on any atom is -0.477 e. The summed E-state index contributed by atoms with van der Waals surface area (Å²) in [6.07, 6.45) is 3.72. The van der Waals surface area contributed by atoms with E-state index in [2.05, 4.69) is 4.98 Å². The average molecular weight is 225 g/mol. The molecule has 0 aliphatic rings. The fourth-order valence-corrected chi connectivity index (χ4v) is 2.48. The van der Waals surface area contributed by atoms with Gasteiger partial charge in [0.25, 0.3) is 0 Å². The van der Waals surface area contributed by atoms with Crippen molar-refractivity contribution in [3.05, 3.63) is 23.2 Å². The highest BCUT2D eigenvalue weighted by Gasteiger charge is 2.09. The van der Waals surface area contributed by atoms with Gasteiger partial charge in [0, 0.05) is 11.1 Å². The number of carbonyl (C=O) groups is 1. The predicted octanol–water partition coefficient (Wildman–Crippen LogP) is 2.72. The number of nitrogens with zero attached hydrogens (tertiary/aromatic N) is 1. The first-order valence-corrected chi connectivity index (χ1v) is 5.91.